The second-order valence-electron chi connectivity index (χ2n) is 2.59. The fourth-order valence-electron chi connectivity index (χ4n) is 0.919. The van der Waals surface area contributed by atoms with Gasteiger partial charge in [0.05, 0.1) is 6.92 Å². The van der Waals surface area contributed by atoms with Crippen molar-refractivity contribution in [1.82, 2.24) is 0 Å². The van der Waals surface area contributed by atoms with Crippen LogP contribution >= 0.6 is 11.6 Å². The van der Waals surface area contributed by atoms with E-state index in [1.165, 1.54) is 6.07 Å². The molecule has 1 atom stereocenters. The summed E-state index contributed by atoms with van der Waals surface area (Å²) >= 11 is 5.54. The molecule has 0 amide bonds. The van der Waals surface area contributed by atoms with E-state index in [2.05, 4.69) is 6.92 Å². The molecule has 4 heteroatoms. The maximum absolute atomic E-state index is 12.7. The van der Waals surface area contributed by atoms with Gasteiger partial charge in [0, 0.05) is 10.6 Å². The van der Waals surface area contributed by atoms with Crippen molar-refractivity contribution in [3.63, 3.8) is 0 Å². The summed E-state index contributed by atoms with van der Waals surface area (Å²) in [6, 6.07) is 3.60. The van der Waals surface area contributed by atoms with Crippen LogP contribution in [0, 0.1) is 12.7 Å². The largest absolute Gasteiger partial charge is 0.478 e. The molecule has 0 fully saturated rings. The van der Waals surface area contributed by atoms with E-state index < -0.39 is 17.7 Å². The average molecular weight is 202 g/mol. The van der Waals surface area contributed by atoms with E-state index in [-0.39, 0.29) is 10.6 Å². The van der Waals surface area contributed by atoms with Gasteiger partial charge in [0.25, 0.3) is 0 Å². The Morgan fingerprint density at radius 2 is 2.15 bits per heavy atom. The standard InChI is InChI=1S/C9H6ClFO2/c1-5(9(12)13)6-2-7(10)4-8(11)3-6/h2-5H,1H2/p+1. The van der Waals surface area contributed by atoms with Crippen molar-refractivity contribution >= 4 is 17.6 Å². The molecule has 0 aliphatic rings. The fraction of sp³-hybridized carbons (Fsp3) is 0.111. The maximum atomic E-state index is 12.7. The molecule has 13 heavy (non-hydrogen) atoms. The Morgan fingerprint density at radius 3 is 2.62 bits per heavy atom. The van der Waals surface area contributed by atoms with Crippen molar-refractivity contribution in [2.45, 2.75) is 5.92 Å². The van der Waals surface area contributed by atoms with Gasteiger partial charge in [0.1, 0.15) is 5.82 Å². The van der Waals surface area contributed by atoms with Crippen LogP contribution in [0.15, 0.2) is 18.2 Å². The second-order valence-corrected chi connectivity index (χ2v) is 3.03. The molecular formula is C9H7ClFO2+. The number of rotatable bonds is 2. The highest BCUT2D eigenvalue weighted by Crippen LogP contribution is 2.20. The van der Waals surface area contributed by atoms with Gasteiger partial charge in [-0.25, -0.2) is 9.18 Å². The molecule has 0 aliphatic heterocycles. The van der Waals surface area contributed by atoms with Crippen LogP contribution in [0.5, 0.6) is 0 Å². The van der Waals surface area contributed by atoms with Crippen molar-refractivity contribution in [3.8, 4) is 0 Å². The lowest BCUT2D eigenvalue weighted by Crippen LogP contribution is -2.07. The molecular weight excluding hydrogens is 195 g/mol. The van der Waals surface area contributed by atoms with Gasteiger partial charge < -0.3 is 5.11 Å². The first-order chi connectivity index (χ1) is 6.00. The van der Waals surface area contributed by atoms with Gasteiger partial charge in [-0.05, 0) is 18.2 Å². The Hall–Kier alpha value is -1.22. The Labute approximate surface area is 80.0 Å². The number of carbonyl (C=O) groups is 1. The first-order valence-corrected chi connectivity index (χ1v) is 3.90. The first-order valence-electron chi connectivity index (χ1n) is 3.52. The summed E-state index contributed by atoms with van der Waals surface area (Å²) in [5, 5.41) is 8.76. The maximum Gasteiger partial charge on any atom is 0.356 e. The number of hydrogen-bond acceptors (Lipinski definition) is 1. The lowest BCUT2D eigenvalue weighted by atomic mass is 10.0. The van der Waals surface area contributed by atoms with Crippen LogP contribution in [-0.4, -0.2) is 11.1 Å². The Morgan fingerprint density at radius 1 is 1.54 bits per heavy atom. The van der Waals surface area contributed by atoms with Crippen LogP contribution in [0.2, 0.25) is 5.02 Å². The minimum atomic E-state index is -1.11. The Kier molecular flexibility index (Phi) is 2.78. The van der Waals surface area contributed by atoms with Gasteiger partial charge in [-0.3, -0.25) is 0 Å². The number of carboxylic acids is 1. The molecule has 1 N–H and O–H groups in total. The molecule has 0 aliphatic carbocycles. The SMILES string of the molecule is [CH2+]C(C(=O)O)c1cc(F)cc(Cl)c1. The van der Waals surface area contributed by atoms with Crippen molar-refractivity contribution in [1.29, 1.82) is 0 Å². The number of benzene rings is 1. The molecule has 2 nitrogen and oxygen atoms in total. The Balaban J connectivity index is 3.07. The number of aliphatic carboxylic acids is 1. The summed E-state index contributed by atoms with van der Waals surface area (Å²) in [6.07, 6.45) is 0. The molecule has 1 aromatic rings. The topological polar surface area (TPSA) is 37.3 Å². The zero-order valence-corrected chi connectivity index (χ0v) is 7.38. The molecule has 0 aromatic heterocycles. The number of halogens is 2. The van der Waals surface area contributed by atoms with Crippen molar-refractivity contribution in [2.75, 3.05) is 0 Å². The molecule has 1 unspecified atom stereocenters. The molecule has 0 heterocycles. The summed E-state index contributed by atoms with van der Waals surface area (Å²) in [7, 11) is 0. The van der Waals surface area contributed by atoms with E-state index in [0.29, 0.717) is 0 Å². The lowest BCUT2D eigenvalue weighted by molar-refractivity contribution is -0.137. The smallest absolute Gasteiger partial charge is 0.356 e. The third-order valence-corrected chi connectivity index (χ3v) is 1.80. The van der Waals surface area contributed by atoms with Gasteiger partial charge >= 0.3 is 5.97 Å². The van der Waals surface area contributed by atoms with Gasteiger partial charge in [-0.2, -0.15) is 0 Å². The predicted octanol–water partition coefficient (Wildman–Crippen LogP) is 2.48. The summed E-state index contributed by atoms with van der Waals surface area (Å²) in [4.78, 5) is 10.5. The predicted molar refractivity (Wildman–Crippen MR) is 47.1 cm³/mol. The van der Waals surface area contributed by atoms with Crippen molar-refractivity contribution in [2.24, 2.45) is 0 Å². The van der Waals surface area contributed by atoms with Gasteiger partial charge in [-0.15, -0.1) is 0 Å². The van der Waals surface area contributed by atoms with E-state index in [1.807, 2.05) is 0 Å². The number of hydrogen-bond donors (Lipinski definition) is 1. The quantitative estimate of drug-likeness (QED) is 0.747. The highest BCUT2D eigenvalue weighted by molar-refractivity contribution is 6.30. The first kappa shape index (κ1) is 9.86. The van der Waals surface area contributed by atoms with E-state index >= 15 is 0 Å². The van der Waals surface area contributed by atoms with Crippen LogP contribution in [0.1, 0.15) is 11.5 Å². The van der Waals surface area contributed by atoms with E-state index in [4.69, 9.17) is 16.7 Å². The van der Waals surface area contributed by atoms with Gasteiger partial charge in [-0.1, -0.05) is 11.6 Å². The average Bonchev–Trinajstić information content (AvgIpc) is 2.01. The highest BCUT2D eigenvalue weighted by Gasteiger charge is 2.21. The fourth-order valence-corrected chi connectivity index (χ4v) is 1.15. The minimum Gasteiger partial charge on any atom is -0.478 e. The summed E-state index contributed by atoms with van der Waals surface area (Å²) in [6.45, 7) is 3.37. The van der Waals surface area contributed by atoms with E-state index in [9.17, 15) is 9.18 Å². The molecule has 0 saturated carbocycles. The molecule has 0 radical (unpaired) electrons. The van der Waals surface area contributed by atoms with E-state index in [0.717, 1.165) is 12.1 Å². The molecule has 0 bridgehead atoms. The summed E-state index contributed by atoms with van der Waals surface area (Å²) in [5.41, 5.74) is 0.262. The number of carboxylic acid groups (broad SMARTS) is 1. The van der Waals surface area contributed by atoms with Crippen LogP contribution in [0.3, 0.4) is 0 Å². The van der Waals surface area contributed by atoms with Crippen molar-refractivity contribution in [3.05, 3.63) is 41.5 Å². The molecule has 68 valence electrons. The molecule has 0 saturated heterocycles. The summed E-state index contributed by atoms with van der Waals surface area (Å²) < 4.78 is 12.7. The van der Waals surface area contributed by atoms with Crippen LogP contribution < -0.4 is 0 Å². The third-order valence-electron chi connectivity index (χ3n) is 1.59. The normalized spacial score (nSPS) is 12.5. The van der Waals surface area contributed by atoms with Crippen LogP contribution in [0.25, 0.3) is 0 Å². The van der Waals surface area contributed by atoms with Gasteiger partial charge in [0.2, 0.25) is 5.92 Å². The Bertz CT molecular complexity index is 318. The summed E-state index contributed by atoms with van der Waals surface area (Å²) in [5.74, 6) is -2.66. The lowest BCUT2D eigenvalue weighted by Gasteiger charge is -2.01. The van der Waals surface area contributed by atoms with Crippen LogP contribution in [-0.2, 0) is 4.79 Å². The van der Waals surface area contributed by atoms with Crippen molar-refractivity contribution < 1.29 is 14.3 Å². The monoisotopic (exact) mass is 201 g/mol. The zero-order valence-electron chi connectivity index (χ0n) is 6.63. The molecule has 1 aromatic carbocycles. The zero-order chi connectivity index (χ0) is 10.0. The minimum absolute atomic E-state index is 0.171. The highest BCUT2D eigenvalue weighted by atomic mass is 35.5. The molecule has 1 rings (SSSR count). The van der Waals surface area contributed by atoms with E-state index in [1.54, 1.807) is 0 Å². The van der Waals surface area contributed by atoms with Crippen LogP contribution in [0.4, 0.5) is 4.39 Å². The van der Waals surface area contributed by atoms with Gasteiger partial charge in [0.15, 0.2) is 0 Å². The third kappa shape index (κ3) is 2.36. The second kappa shape index (κ2) is 3.66. The molecule has 0 spiro atoms.